The quantitative estimate of drug-likeness (QED) is 0.885. The predicted octanol–water partition coefficient (Wildman–Crippen LogP) is 1.43. The van der Waals surface area contributed by atoms with Crippen LogP contribution in [0.5, 0.6) is 0 Å². The minimum absolute atomic E-state index is 0.116. The van der Waals surface area contributed by atoms with Crippen molar-refractivity contribution in [2.45, 2.75) is 52.9 Å². The summed E-state index contributed by atoms with van der Waals surface area (Å²) in [5, 5.41) is 12.0. The Morgan fingerprint density at radius 3 is 2.74 bits per heavy atom. The number of hydrogen-bond acceptors (Lipinski definition) is 4. The van der Waals surface area contributed by atoms with Gasteiger partial charge in [-0.1, -0.05) is 0 Å². The lowest BCUT2D eigenvalue weighted by Crippen LogP contribution is -2.34. The number of nitrogens with one attached hydrogen (secondary N) is 1. The van der Waals surface area contributed by atoms with Crippen molar-refractivity contribution in [3.63, 3.8) is 0 Å². The molecule has 0 bridgehead atoms. The second-order valence-corrected chi connectivity index (χ2v) is 5.64. The van der Waals surface area contributed by atoms with Crippen molar-refractivity contribution in [2.75, 3.05) is 0 Å². The molecule has 6 heteroatoms. The fourth-order valence-corrected chi connectivity index (χ4v) is 1.77. The molecule has 0 amide bonds. The summed E-state index contributed by atoms with van der Waals surface area (Å²) < 4.78 is 3.78. The molecule has 0 aliphatic rings. The lowest BCUT2D eigenvalue weighted by atomic mass is 10.1. The Hall–Kier alpha value is -1.69. The van der Waals surface area contributed by atoms with Crippen LogP contribution in [-0.2, 0) is 19.6 Å². The second kappa shape index (κ2) is 5.52. The van der Waals surface area contributed by atoms with Crippen molar-refractivity contribution in [1.29, 1.82) is 0 Å². The van der Waals surface area contributed by atoms with E-state index in [4.69, 9.17) is 0 Å². The normalized spacial score (nSPS) is 12.0. The third-order valence-electron chi connectivity index (χ3n) is 2.81. The van der Waals surface area contributed by atoms with Gasteiger partial charge in [-0.15, -0.1) is 0 Å². The van der Waals surface area contributed by atoms with Gasteiger partial charge in [-0.25, -0.2) is 9.67 Å². The third kappa shape index (κ3) is 3.89. The van der Waals surface area contributed by atoms with Crippen LogP contribution in [0.4, 0.5) is 0 Å². The highest BCUT2D eigenvalue weighted by atomic mass is 15.4. The molecule has 1 N–H and O–H groups in total. The average Bonchev–Trinajstić information content (AvgIpc) is 2.95. The molecule has 0 unspecified atom stereocenters. The molecule has 2 aromatic rings. The zero-order valence-corrected chi connectivity index (χ0v) is 12.1. The zero-order chi connectivity index (χ0) is 13.9. The number of rotatable bonds is 5. The van der Waals surface area contributed by atoms with Gasteiger partial charge >= 0.3 is 0 Å². The Morgan fingerprint density at radius 2 is 2.05 bits per heavy atom. The van der Waals surface area contributed by atoms with Gasteiger partial charge in [0.15, 0.2) is 0 Å². The summed E-state index contributed by atoms with van der Waals surface area (Å²) in [5.41, 5.74) is 1.29. The summed E-state index contributed by atoms with van der Waals surface area (Å²) in [7, 11) is 0. The van der Waals surface area contributed by atoms with Gasteiger partial charge < -0.3 is 5.32 Å². The smallest absolute Gasteiger partial charge is 0.148 e. The molecule has 0 atom stereocenters. The molecule has 2 rings (SSSR count). The van der Waals surface area contributed by atoms with E-state index < -0.39 is 0 Å². The Labute approximate surface area is 113 Å². The van der Waals surface area contributed by atoms with Gasteiger partial charge in [-0.2, -0.15) is 10.2 Å². The highest BCUT2D eigenvalue weighted by Crippen LogP contribution is 2.05. The van der Waals surface area contributed by atoms with Gasteiger partial charge in [-0.05, 0) is 27.7 Å². The first-order valence-corrected chi connectivity index (χ1v) is 6.61. The van der Waals surface area contributed by atoms with Crippen LogP contribution in [0.25, 0.3) is 0 Å². The van der Waals surface area contributed by atoms with Crippen LogP contribution in [0, 0.1) is 0 Å². The van der Waals surface area contributed by atoms with Gasteiger partial charge in [-0.3, -0.25) is 4.68 Å². The molecule has 2 aromatic heterocycles. The first kappa shape index (κ1) is 13.7. The molecule has 0 saturated heterocycles. The topological polar surface area (TPSA) is 60.6 Å². The van der Waals surface area contributed by atoms with Gasteiger partial charge in [0.2, 0.25) is 0 Å². The number of aryl methyl sites for hydroxylation is 1. The first-order valence-electron chi connectivity index (χ1n) is 6.61. The molecular formula is C13H22N6. The van der Waals surface area contributed by atoms with Crippen LogP contribution < -0.4 is 5.32 Å². The van der Waals surface area contributed by atoms with E-state index in [2.05, 4.69) is 48.2 Å². The molecule has 104 valence electrons. The van der Waals surface area contributed by atoms with Gasteiger partial charge in [0.05, 0.1) is 6.20 Å². The van der Waals surface area contributed by atoms with Crippen molar-refractivity contribution >= 4 is 0 Å². The first-order chi connectivity index (χ1) is 8.98. The van der Waals surface area contributed by atoms with Crippen LogP contribution in [0.3, 0.4) is 0 Å². The molecule has 0 aromatic carbocycles. The van der Waals surface area contributed by atoms with E-state index in [1.807, 2.05) is 21.8 Å². The highest BCUT2D eigenvalue weighted by molar-refractivity contribution is 5.05. The van der Waals surface area contributed by atoms with E-state index in [0.717, 1.165) is 18.9 Å². The maximum Gasteiger partial charge on any atom is 0.148 e. The van der Waals surface area contributed by atoms with E-state index in [1.54, 1.807) is 6.33 Å². The van der Waals surface area contributed by atoms with E-state index in [-0.39, 0.29) is 5.54 Å². The van der Waals surface area contributed by atoms with E-state index in [0.29, 0.717) is 6.54 Å². The van der Waals surface area contributed by atoms with Crippen molar-refractivity contribution in [3.8, 4) is 0 Å². The van der Waals surface area contributed by atoms with E-state index in [9.17, 15) is 0 Å². The number of aromatic nitrogens is 5. The number of hydrogen-bond donors (Lipinski definition) is 1. The molecular weight excluding hydrogens is 240 g/mol. The van der Waals surface area contributed by atoms with Crippen LogP contribution >= 0.6 is 0 Å². The largest absolute Gasteiger partial charge is 0.308 e. The summed E-state index contributed by atoms with van der Waals surface area (Å²) >= 11 is 0. The van der Waals surface area contributed by atoms with Crippen LogP contribution in [0.1, 0.15) is 39.1 Å². The average molecular weight is 262 g/mol. The second-order valence-electron chi connectivity index (χ2n) is 5.64. The lowest BCUT2D eigenvalue weighted by Gasteiger charge is -2.19. The summed E-state index contributed by atoms with van der Waals surface area (Å²) in [4.78, 5) is 4.25. The van der Waals surface area contributed by atoms with Gasteiger partial charge in [0, 0.05) is 30.4 Å². The van der Waals surface area contributed by atoms with Crippen molar-refractivity contribution < 1.29 is 0 Å². The van der Waals surface area contributed by atoms with Crippen molar-refractivity contribution in [3.05, 3.63) is 30.1 Å². The molecule has 0 fully saturated rings. The Morgan fingerprint density at radius 1 is 1.26 bits per heavy atom. The Balaban J connectivity index is 1.98. The minimum Gasteiger partial charge on any atom is -0.308 e. The Kier molecular flexibility index (Phi) is 3.99. The van der Waals surface area contributed by atoms with Crippen molar-refractivity contribution in [1.82, 2.24) is 29.9 Å². The highest BCUT2D eigenvalue weighted by Gasteiger charge is 2.10. The van der Waals surface area contributed by atoms with Crippen LogP contribution in [0.15, 0.2) is 18.7 Å². The standard InChI is InChI=1S/C13H22N6/c1-5-19-12(14-10-17-19)9-18-8-11(7-16-18)6-15-13(2,3)4/h7-8,10,15H,5-6,9H2,1-4H3. The van der Waals surface area contributed by atoms with E-state index in [1.165, 1.54) is 5.56 Å². The fourth-order valence-electron chi connectivity index (χ4n) is 1.77. The molecule has 0 aliphatic heterocycles. The zero-order valence-electron chi connectivity index (χ0n) is 12.1. The summed E-state index contributed by atoms with van der Waals surface area (Å²) in [5.74, 6) is 0.931. The SMILES string of the molecule is CCn1ncnc1Cn1cc(CNC(C)(C)C)cn1. The van der Waals surface area contributed by atoms with Gasteiger partial charge in [0.1, 0.15) is 18.7 Å². The predicted molar refractivity (Wildman–Crippen MR) is 73.6 cm³/mol. The Bertz CT molecular complexity index is 519. The minimum atomic E-state index is 0.116. The summed E-state index contributed by atoms with van der Waals surface area (Å²) in [6.45, 7) is 10.8. The third-order valence-corrected chi connectivity index (χ3v) is 2.81. The molecule has 0 aliphatic carbocycles. The van der Waals surface area contributed by atoms with E-state index >= 15 is 0 Å². The van der Waals surface area contributed by atoms with Crippen LogP contribution in [0.2, 0.25) is 0 Å². The molecule has 0 spiro atoms. The molecule has 0 saturated carbocycles. The fraction of sp³-hybridized carbons (Fsp3) is 0.615. The maximum atomic E-state index is 4.36. The summed E-state index contributed by atoms with van der Waals surface area (Å²) in [6, 6.07) is 0. The van der Waals surface area contributed by atoms with Crippen molar-refractivity contribution in [2.24, 2.45) is 0 Å². The summed E-state index contributed by atoms with van der Waals surface area (Å²) in [6.07, 6.45) is 5.53. The lowest BCUT2D eigenvalue weighted by molar-refractivity contribution is 0.424. The van der Waals surface area contributed by atoms with Crippen LogP contribution in [-0.4, -0.2) is 30.1 Å². The molecule has 6 nitrogen and oxygen atoms in total. The number of nitrogens with zero attached hydrogens (tertiary/aromatic N) is 5. The molecule has 2 heterocycles. The molecule has 0 radical (unpaired) electrons. The maximum absolute atomic E-state index is 4.36. The molecule has 19 heavy (non-hydrogen) atoms. The monoisotopic (exact) mass is 262 g/mol. The van der Waals surface area contributed by atoms with Gasteiger partial charge in [0.25, 0.3) is 0 Å².